The Morgan fingerprint density at radius 1 is 1.26 bits per heavy atom. The lowest BCUT2D eigenvalue weighted by molar-refractivity contribution is -0.384. The molecule has 0 aromatic heterocycles. The van der Waals surface area contributed by atoms with Gasteiger partial charge >= 0.3 is 0 Å². The van der Waals surface area contributed by atoms with Crippen molar-refractivity contribution in [2.24, 2.45) is 10.2 Å². The molecule has 2 aromatic carbocycles. The van der Waals surface area contributed by atoms with Crippen molar-refractivity contribution in [3.8, 4) is 5.75 Å². The van der Waals surface area contributed by atoms with E-state index in [2.05, 4.69) is 15.5 Å². The number of aliphatic hydroxyl groups is 1. The highest BCUT2D eigenvalue weighted by Gasteiger charge is 2.15. The first-order valence-electron chi connectivity index (χ1n) is 8.01. The zero-order valence-corrected chi connectivity index (χ0v) is 14.7. The van der Waals surface area contributed by atoms with Crippen molar-refractivity contribution in [1.82, 2.24) is 0 Å². The summed E-state index contributed by atoms with van der Waals surface area (Å²) in [5.74, 6) is -1.46. The zero-order valence-electron chi connectivity index (χ0n) is 14.7. The number of aryl methyl sites for hydroxylation is 1. The molecule has 0 bridgehead atoms. The fraction of sp³-hybridized carbons (Fsp3) is 0.167. The second-order valence-corrected chi connectivity index (χ2v) is 5.57. The minimum Gasteiger partial charge on any atom is -0.510 e. The average Bonchev–Trinajstić information content (AvgIpc) is 2.62. The molecule has 140 valence electrons. The number of nitrogens with zero attached hydrogens (tertiary/aromatic N) is 3. The van der Waals surface area contributed by atoms with Gasteiger partial charge in [0.1, 0.15) is 17.2 Å². The number of carbonyl (C=O) groups is 1. The molecule has 3 N–H and O–H groups in total. The van der Waals surface area contributed by atoms with Crippen LogP contribution in [0.25, 0.3) is 0 Å². The molecule has 0 aliphatic heterocycles. The summed E-state index contributed by atoms with van der Waals surface area (Å²) in [5.41, 5.74) is 0.647. The number of phenols is 1. The van der Waals surface area contributed by atoms with Crippen molar-refractivity contribution in [3.05, 3.63) is 69.6 Å². The highest BCUT2D eigenvalue weighted by atomic mass is 16.6. The molecule has 0 fully saturated rings. The van der Waals surface area contributed by atoms with Gasteiger partial charge in [0.25, 0.3) is 11.6 Å². The number of azo groups is 1. The first kappa shape index (κ1) is 19.6. The van der Waals surface area contributed by atoms with Gasteiger partial charge in [0.05, 0.1) is 4.92 Å². The molecule has 0 saturated heterocycles. The van der Waals surface area contributed by atoms with E-state index in [0.717, 1.165) is 30.2 Å². The fourth-order valence-corrected chi connectivity index (χ4v) is 2.15. The van der Waals surface area contributed by atoms with Crippen molar-refractivity contribution in [2.75, 3.05) is 5.32 Å². The van der Waals surface area contributed by atoms with Crippen LogP contribution in [-0.4, -0.2) is 21.0 Å². The Balaban J connectivity index is 2.27. The number of hydrogen-bond acceptors (Lipinski definition) is 7. The van der Waals surface area contributed by atoms with Gasteiger partial charge in [0.2, 0.25) is 0 Å². The number of nitro groups is 1. The van der Waals surface area contributed by atoms with Gasteiger partial charge in [0, 0.05) is 17.8 Å². The highest BCUT2D eigenvalue weighted by molar-refractivity contribution is 6.03. The standard InChI is InChI=1S/C18H18N4O5/c1-3-12-5-4-6-13(9-12)19-18(25)17(11(2)23)21-20-15-10-14(22(26)27)7-8-16(15)24/h4-10,23-24H,3H2,1-2H3,(H,19,25). The molecule has 0 aliphatic rings. The monoisotopic (exact) mass is 370 g/mol. The Hall–Kier alpha value is -3.75. The number of anilines is 1. The number of hydrogen-bond donors (Lipinski definition) is 3. The molecule has 0 heterocycles. The van der Waals surface area contributed by atoms with E-state index in [1.807, 2.05) is 13.0 Å². The highest BCUT2D eigenvalue weighted by Crippen LogP contribution is 2.31. The van der Waals surface area contributed by atoms with Crippen LogP contribution in [0, 0.1) is 10.1 Å². The second kappa shape index (κ2) is 8.56. The summed E-state index contributed by atoms with van der Waals surface area (Å²) in [4.78, 5) is 22.5. The Kier molecular flexibility index (Phi) is 6.21. The molecule has 0 unspecified atom stereocenters. The molecule has 0 spiro atoms. The first-order chi connectivity index (χ1) is 12.8. The maximum Gasteiger partial charge on any atom is 0.279 e. The predicted octanol–water partition coefficient (Wildman–Crippen LogP) is 4.37. The molecular formula is C18H18N4O5. The van der Waals surface area contributed by atoms with Gasteiger partial charge in [-0.05, 0) is 37.1 Å². The van der Waals surface area contributed by atoms with Gasteiger partial charge in [-0.15, -0.1) is 10.2 Å². The van der Waals surface area contributed by atoms with E-state index in [1.54, 1.807) is 18.2 Å². The topological polar surface area (TPSA) is 137 Å². The zero-order chi connectivity index (χ0) is 20.0. The molecule has 27 heavy (non-hydrogen) atoms. The molecule has 2 rings (SSSR count). The Morgan fingerprint density at radius 3 is 2.63 bits per heavy atom. The molecule has 2 aromatic rings. The van der Waals surface area contributed by atoms with E-state index in [-0.39, 0.29) is 22.8 Å². The average molecular weight is 370 g/mol. The first-order valence-corrected chi connectivity index (χ1v) is 8.01. The van der Waals surface area contributed by atoms with Gasteiger partial charge < -0.3 is 15.5 Å². The number of amides is 1. The maximum atomic E-state index is 12.4. The van der Waals surface area contributed by atoms with Gasteiger partial charge in [0.15, 0.2) is 5.70 Å². The molecule has 9 heteroatoms. The van der Waals surface area contributed by atoms with Crippen LogP contribution in [-0.2, 0) is 11.2 Å². The summed E-state index contributed by atoms with van der Waals surface area (Å²) in [5, 5.41) is 40.2. The van der Waals surface area contributed by atoms with Crippen LogP contribution in [0.15, 0.2) is 64.1 Å². The number of non-ortho nitro benzene ring substituents is 1. The number of benzene rings is 2. The van der Waals surface area contributed by atoms with Gasteiger partial charge in [-0.2, -0.15) is 0 Å². The number of allylic oxidation sites excluding steroid dienone is 1. The summed E-state index contributed by atoms with van der Waals surface area (Å²) in [6, 6.07) is 10.4. The van der Waals surface area contributed by atoms with E-state index in [9.17, 15) is 25.1 Å². The maximum absolute atomic E-state index is 12.4. The predicted molar refractivity (Wildman–Crippen MR) is 99.1 cm³/mol. The van der Waals surface area contributed by atoms with E-state index < -0.39 is 16.6 Å². The Morgan fingerprint density at radius 2 is 2.00 bits per heavy atom. The van der Waals surface area contributed by atoms with Crippen molar-refractivity contribution in [2.45, 2.75) is 20.3 Å². The summed E-state index contributed by atoms with van der Waals surface area (Å²) in [6.45, 7) is 3.23. The van der Waals surface area contributed by atoms with Crippen LogP contribution in [0.4, 0.5) is 17.1 Å². The van der Waals surface area contributed by atoms with E-state index >= 15 is 0 Å². The lowest BCUT2D eigenvalue weighted by Gasteiger charge is -2.07. The minimum absolute atomic E-state index is 0.205. The van der Waals surface area contributed by atoms with Crippen LogP contribution in [0.5, 0.6) is 5.75 Å². The molecular weight excluding hydrogens is 352 g/mol. The van der Waals surface area contributed by atoms with Crippen LogP contribution in [0.2, 0.25) is 0 Å². The third kappa shape index (κ3) is 5.11. The number of nitro benzene ring substituents is 1. The van der Waals surface area contributed by atoms with E-state index in [4.69, 9.17) is 0 Å². The molecule has 0 aliphatic carbocycles. The van der Waals surface area contributed by atoms with E-state index in [0.29, 0.717) is 5.69 Å². The fourth-order valence-electron chi connectivity index (χ4n) is 2.15. The lowest BCUT2D eigenvalue weighted by atomic mass is 10.1. The van der Waals surface area contributed by atoms with Gasteiger partial charge in [-0.25, -0.2) is 0 Å². The molecule has 9 nitrogen and oxygen atoms in total. The normalized spacial score (nSPS) is 11.9. The molecule has 0 atom stereocenters. The minimum atomic E-state index is -0.711. The smallest absolute Gasteiger partial charge is 0.279 e. The van der Waals surface area contributed by atoms with Gasteiger partial charge in [-0.3, -0.25) is 14.9 Å². The lowest BCUT2D eigenvalue weighted by Crippen LogP contribution is -2.14. The van der Waals surface area contributed by atoms with Crippen LogP contribution >= 0.6 is 0 Å². The quantitative estimate of drug-likeness (QED) is 0.228. The number of phenolic OH excluding ortho intramolecular Hbond substituents is 1. The number of rotatable bonds is 6. The van der Waals surface area contributed by atoms with Crippen molar-refractivity contribution in [3.63, 3.8) is 0 Å². The van der Waals surface area contributed by atoms with Crippen LogP contribution in [0.1, 0.15) is 19.4 Å². The summed E-state index contributed by atoms with van der Waals surface area (Å²) in [6.07, 6.45) is 0.789. The largest absolute Gasteiger partial charge is 0.510 e. The summed E-state index contributed by atoms with van der Waals surface area (Å²) in [7, 11) is 0. The third-order valence-electron chi connectivity index (χ3n) is 3.58. The SMILES string of the molecule is CCc1cccc(NC(=O)C(N=Nc2cc([N+](=O)[O-])ccc2O)=C(C)O)c1. The van der Waals surface area contributed by atoms with Gasteiger partial charge in [-0.1, -0.05) is 19.1 Å². The van der Waals surface area contributed by atoms with Crippen molar-refractivity contribution >= 4 is 23.0 Å². The van der Waals surface area contributed by atoms with E-state index in [1.165, 1.54) is 6.92 Å². The van der Waals surface area contributed by atoms with Crippen LogP contribution < -0.4 is 5.32 Å². The number of carbonyl (C=O) groups excluding carboxylic acids is 1. The molecule has 0 saturated carbocycles. The van der Waals surface area contributed by atoms with Crippen molar-refractivity contribution in [1.29, 1.82) is 0 Å². The third-order valence-corrected chi connectivity index (χ3v) is 3.58. The summed E-state index contributed by atoms with van der Waals surface area (Å²) < 4.78 is 0. The second-order valence-electron chi connectivity index (χ2n) is 5.57. The number of aromatic hydroxyl groups is 1. The van der Waals surface area contributed by atoms with Crippen molar-refractivity contribution < 1.29 is 19.9 Å². The number of nitrogens with one attached hydrogen (secondary N) is 1. The Labute approximate surface area is 154 Å². The number of aliphatic hydroxyl groups excluding tert-OH is 1. The van der Waals surface area contributed by atoms with Crippen LogP contribution in [0.3, 0.4) is 0 Å². The molecule has 1 amide bonds. The summed E-state index contributed by atoms with van der Waals surface area (Å²) >= 11 is 0. The Bertz CT molecular complexity index is 933. The molecule has 0 radical (unpaired) electrons.